The van der Waals surface area contributed by atoms with Gasteiger partial charge in [0.1, 0.15) is 0 Å². The Balaban J connectivity index is -0.000000196. The number of carboxylic acid groups (broad SMARTS) is 1. The molecule has 0 saturated carbocycles. The van der Waals surface area contributed by atoms with Crippen LogP contribution in [0.15, 0.2) is 12.2 Å². The maximum absolute atomic E-state index is 11.0. The van der Waals surface area contributed by atoms with Crippen molar-refractivity contribution in [3.63, 3.8) is 0 Å². The minimum Gasteiger partial charge on any atom is -0.822 e. The number of aliphatic hydroxyl groups excluding tert-OH is 2. The maximum Gasteiger partial charge on any atom is 1.00 e. The summed E-state index contributed by atoms with van der Waals surface area (Å²) >= 11 is 0. The number of hydrogen-bond acceptors (Lipinski definition) is 8. The maximum atomic E-state index is 11.0. The van der Waals surface area contributed by atoms with Gasteiger partial charge in [0.2, 0.25) is 0 Å². The van der Waals surface area contributed by atoms with Crippen molar-refractivity contribution in [3.8, 4) is 0 Å². The van der Waals surface area contributed by atoms with E-state index in [-0.39, 0.29) is 125 Å². The second kappa shape index (κ2) is 36.2. The van der Waals surface area contributed by atoms with Gasteiger partial charge < -0.3 is 39.4 Å². The molecule has 0 saturated heterocycles. The molecule has 0 rings (SSSR count). The van der Waals surface area contributed by atoms with Gasteiger partial charge in [0.05, 0.1) is 12.7 Å². The van der Waals surface area contributed by atoms with Crippen LogP contribution in [-0.4, -0.2) is 28.9 Å². The quantitative estimate of drug-likeness (QED) is 0.0746. The molecule has 2 atom stereocenters. The number of carbonyl (C=O) groups excluding carboxylic acids is 1. The average molecular weight is 542 g/mol. The van der Waals surface area contributed by atoms with E-state index in [2.05, 4.69) is 19.1 Å². The van der Waals surface area contributed by atoms with E-state index in [9.17, 15) is 15.0 Å². The van der Waals surface area contributed by atoms with Crippen molar-refractivity contribution in [1.29, 1.82) is 0 Å². The molecule has 0 radical (unpaired) electrons. The molecule has 0 aromatic heterocycles. The van der Waals surface area contributed by atoms with Gasteiger partial charge in [-0.25, -0.2) is 0 Å². The monoisotopic (exact) mass is 542 g/mol. The third-order valence-corrected chi connectivity index (χ3v) is 4.67. The van der Waals surface area contributed by atoms with Crippen molar-refractivity contribution < 1.29 is 158 Å². The van der Waals surface area contributed by atoms with Crippen LogP contribution >= 0.6 is 7.82 Å². The first-order chi connectivity index (χ1) is 14.1. The molecule has 0 aromatic carbocycles. The van der Waals surface area contributed by atoms with Crippen LogP contribution < -0.4 is 138 Å². The fraction of sp³-hybridized carbons (Fsp3) is 0.857. The summed E-state index contributed by atoms with van der Waals surface area (Å²) < 4.78 is 8.55. The number of carbonyl (C=O) groups is 1. The standard InChI is InChI=1S/C21H40O4.4Na.H3O4P/c1-2-3-4-5-6-7-8-9-10-11-12-13-14-15-16-19(21(24)25)17-20(23)18-22;;;;;1-5(2,3)4/h9-10,19-20,22-23H,2-8,11-18H2,1H3,(H,24,25);;;;;(H3,1,2,3,4)/q;4*+1;/p-4/b10-9-;;;;;. The Labute approximate surface area is 294 Å². The number of carboxylic acids is 1. The number of hydrogen-bond donors (Lipinski definition) is 2. The van der Waals surface area contributed by atoms with Crippen LogP contribution in [-0.2, 0) is 9.36 Å². The largest absolute Gasteiger partial charge is 1.00 e. The van der Waals surface area contributed by atoms with Crippen LogP contribution in [0.4, 0.5) is 0 Å². The molecule has 0 aliphatic rings. The molecule has 0 aromatic rings. The first kappa shape index (κ1) is 50.1. The average Bonchev–Trinajstić information content (AvgIpc) is 2.65. The number of aliphatic carboxylic acids is 1. The van der Waals surface area contributed by atoms with Gasteiger partial charge in [-0.3, -0.25) is 0 Å². The van der Waals surface area contributed by atoms with Crippen molar-refractivity contribution >= 4 is 13.8 Å². The molecule has 2 N–H and O–H groups in total. The summed E-state index contributed by atoms with van der Waals surface area (Å²) in [6.45, 7) is 1.85. The molecule has 0 amide bonds. The number of rotatable bonds is 18. The van der Waals surface area contributed by atoms with E-state index in [4.69, 9.17) is 24.4 Å². The Kier molecular flexibility index (Phi) is 53.4. The summed E-state index contributed by atoms with van der Waals surface area (Å²) in [5.41, 5.74) is 0. The van der Waals surface area contributed by atoms with Gasteiger partial charge in [0.15, 0.2) is 0 Å². The van der Waals surface area contributed by atoms with E-state index in [0.29, 0.717) is 6.42 Å². The Bertz CT molecular complexity index is 473. The minimum atomic E-state index is -5.39. The number of unbranched alkanes of at least 4 members (excludes halogenated alkanes) is 10. The fourth-order valence-corrected chi connectivity index (χ4v) is 3.02. The van der Waals surface area contributed by atoms with E-state index in [0.717, 1.165) is 32.1 Å². The zero-order chi connectivity index (χ0) is 23.3. The Hall–Kier alpha value is 3.24. The van der Waals surface area contributed by atoms with E-state index in [1.165, 1.54) is 44.9 Å². The SMILES string of the molecule is CCCCCCCC/C=C\CCCCCCC(CC(O)CO)C(=O)[O-].O=P([O-])([O-])[O-].[Na+].[Na+].[Na+].[Na+]. The molecular formula is C21H39Na4O8P. The zero-order valence-electron chi connectivity index (χ0n) is 22.2. The fourth-order valence-electron chi connectivity index (χ4n) is 3.02. The minimum absolute atomic E-state index is 0. The first-order valence-electron chi connectivity index (χ1n) is 11.0. The molecule has 0 aliphatic carbocycles. The Morgan fingerprint density at radius 2 is 1.21 bits per heavy atom. The summed E-state index contributed by atoms with van der Waals surface area (Å²) in [6.07, 6.45) is 18.6. The van der Waals surface area contributed by atoms with Gasteiger partial charge >= 0.3 is 118 Å². The zero-order valence-corrected chi connectivity index (χ0v) is 31.1. The molecule has 0 fully saturated rings. The summed E-state index contributed by atoms with van der Waals surface area (Å²) in [4.78, 5) is 36.6. The number of allylic oxidation sites excluding steroid dienone is 2. The first-order valence-corrected chi connectivity index (χ1v) is 12.5. The Morgan fingerprint density at radius 1 is 0.824 bits per heavy atom. The number of aliphatic hydroxyl groups is 2. The normalized spacial score (nSPS) is 12.1. The summed E-state index contributed by atoms with van der Waals surface area (Å²) in [5.74, 6) is -1.77. The molecular weight excluding hydrogens is 503 g/mol. The predicted octanol–water partition coefficient (Wildman–Crippen LogP) is -11.1. The van der Waals surface area contributed by atoms with E-state index in [1.54, 1.807) is 0 Å². The van der Waals surface area contributed by atoms with Crippen molar-refractivity contribution in [2.24, 2.45) is 5.92 Å². The van der Waals surface area contributed by atoms with Gasteiger partial charge in [-0.2, -0.15) is 7.82 Å². The molecule has 2 unspecified atom stereocenters. The molecule has 0 spiro atoms. The Morgan fingerprint density at radius 3 is 1.59 bits per heavy atom. The predicted molar refractivity (Wildman–Crippen MR) is 109 cm³/mol. The van der Waals surface area contributed by atoms with Gasteiger partial charge in [0.25, 0.3) is 0 Å². The molecule has 0 aliphatic heterocycles. The van der Waals surface area contributed by atoms with E-state index >= 15 is 0 Å². The van der Waals surface area contributed by atoms with Crippen LogP contribution in [0.1, 0.15) is 96.8 Å². The third-order valence-electron chi connectivity index (χ3n) is 4.67. The van der Waals surface area contributed by atoms with Crippen molar-refractivity contribution in [1.82, 2.24) is 0 Å². The molecule has 0 bridgehead atoms. The second-order valence-electron chi connectivity index (χ2n) is 7.55. The van der Waals surface area contributed by atoms with Crippen molar-refractivity contribution in [2.75, 3.05) is 6.61 Å². The molecule has 0 heterocycles. The van der Waals surface area contributed by atoms with Crippen LogP contribution in [0.25, 0.3) is 0 Å². The summed E-state index contributed by atoms with van der Waals surface area (Å²) in [7, 11) is -5.39. The van der Waals surface area contributed by atoms with Gasteiger partial charge in [0, 0.05) is 11.9 Å². The van der Waals surface area contributed by atoms with Gasteiger partial charge in [-0.05, 0) is 38.5 Å². The second-order valence-corrected chi connectivity index (χ2v) is 8.45. The van der Waals surface area contributed by atoms with Gasteiger partial charge in [-0.1, -0.05) is 70.4 Å². The third kappa shape index (κ3) is 48.3. The molecule has 180 valence electrons. The summed E-state index contributed by atoms with van der Waals surface area (Å²) in [6, 6.07) is 0. The van der Waals surface area contributed by atoms with Gasteiger partial charge in [-0.15, -0.1) is 0 Å². The van der Waals surface area contributed by atoms with Crippen LogP contribution in [0.2, 0.25) is 0 Å². The smallest absolute Gasteiger partial charge is 0.822 e. The van der Waals surface area contributed by atoms with Crippen LogP contribution in [0.3, 0.4) is 0 Å². The topological polar surface area (TPSA) is 167 Å². The molecule has 8 nitrogen and oxygen atoms in total. The van der Waals surface area contributed by atoms with E-state index < -0.39 is 32.4 Å². The molecule has 34 heavy (non-hydrogen) atoms. The van der Waals surface area contributed by atoms with Crippen molar-refractivity contribution in [2.45, 2.75) is 103 Å². The van der Waals surface area contributed by atoms with Crippen LogP contribution in [0.5, 0.6) is 0 Å². The van der Waals surface area contributed by atoms with E-state index in [1.807, 2.05) is 0 Å². The number of phosphoric acid groups is 1. The van der Waals surface area contributed by atoms with Crippen molar-refractivity contribution in [3.05, 3.63) is 12.2 Å². The summed E-state index contributed by atoms with van der Waals surface area (Å²) in [5, 5.41) is 29.1. The molecule has 13 heteroatoms. The van der Waals surface area contributed by atoms with Crippen LogP contribution in [0, 0.1) is 5.92 Å².